The summed E-state index contributed by atoms with van der Waals surface area (Å²) < 4.78 is 5.36. The SMILES string of the molecule is SCCNCc1ccc(CN2CCOCC2)cc1. The van der Waals surface area contributed by atoms with Crippen LogP contribution in [-0.4, -0.2) is 43.5 Å². The van der Waals surface area contributed by atoms with Gasteiger partial charge in [-0.25, -0.2) is 0 Å². The Labute approximate surface area is 115 Å². The maximum absolute atomic E-state index is 5.36. The van der Waals surface area contributed by atoms with Gasteiger partial charge < -0.3 is 10.1 Å². The lowest BCUT2D eigenvalue weighted by molar-refractivity contribution is 0.0342. The van der Waals surface area contributed by atoms with Crippen LogP contribution in [0, 0.1) is 0 Å². The molecule has 0 saturated carbocycles. The largest absolute Gasteiger partial charge is 0.379 e. The summed E-state index contributed by atoms with van der Waals surface area (Å²) in [7, 11) is 0. The Morgan fingerprint density at radius 2 is 1.78 bits per heavy atom. The molecule has 1 fully saturated rings. The first-order chi connectivity index (χ1) is 8.88. The zero-order valence-corrected chi connectivity index (χ0v) is 11.7. The average molecular weight is 266 g/mol. The summed E-state index contributed by atoms with van der Waals surface area (Å²) >= 11 is 4.18. The Morgan fingerprint density at radius 1 is 1.11 bits per heavy atom. The van der Waals surface area contributed by atoms with E-state index in [9.17, 15) is 0 Å². The molecule has 1 heterocycles. The molecule has 2 rings (SSSR count). The molecular formula is C14H22N2OS. The van der Waals surface area contributed by atoms with E-state index >= 15 is 0 Å². The van der Waals surface area contributed by atoms with Crippen molar-refractivity contribution in [3.05, 3.63) is 35.4 Å². The summed E-state index contributed by atoms with van der Waals surface area (Å²) in [6.07, 6.45) is 0. The molecule has 0 aliphatic carbocycles. The van der Waals surface area contributed by atoms with Crippen LogP contribution in [0.2, 0.25) is 0 Å². The first-order valence-electron chi connectivity index (χ1n) is 6.58. The Bertz CT molecular complexity index is 336. The zero-order chi connectivity index (χ0) is 12.6. The van der Waals surface area contributed by atoms with Gasteiger partial charge in [0.1, 0.15) is 0 Å². The molecule has 0 amide bonds. The first-order valence-corrected chi connectivity index (χ1v) is 7.21. The van der Waals surface area contributed by atoms with E-state index in [1.807, 2.05) is 0 Å². The Hall–Kier alpha value is -0.550. The minimum Gasteiger partial charge on any atom is -0.379 e. The predicted octanol–water partition coefficient (Wildman–Crippen LogP) is 1.54. The molecule has 1 aromatic rings. The van der Waals surface area contributed by atoms with Crippen LogP contribution < -0.4 is 5.32 Å². The lowest BCUT2D eigenvalue weighted by Gasteiger charge is -2.26. The van der Waals surface area contributed by atoms with Crippen LogP contribution in [-0.2, 0) is 17.8 Å². The van der Waals surface area contributed by atoms with E-state index in [1.165, 1.54) is 11.1 Å². The lowest BCUT2D eigenvalue weighted by atomic mass is 10.1. The summed E-state index contributed by atoms with van der Waals surface area (Å²) in [6.45, 7) is 6.75. The summed E-state index contributed by atoms with van der Waals surface area (Å²) in [5.41, 5.74) is 2.72. The van der Waals surface area contributed by atoms with Crippen molar-refractivity contribution in [2.75, 3.05) is 38.6 Å². The molecule has 0 bridgehead atoms. The molecule has 18 heavy (non-hydrogen) atoms. The predicted molar refractivity (Wildman–Crippen MR) is 78.1 cm³/mol. The number of hydrogen-bond acceptors (Lipinski definition) is 4. The van der Waals surface area contributed by atoms with Gasteiger partial charge in [0.15, 0.2) is 0 Å². The Morgan fingerprint density at radius 3 is 2.44 bits per heavy atom. The smallest absolute Gasteiger partial charge is 0.0594 e. The molecule has 1 aliphatic rings. The van der Waals surface area contributed by atoms with E-state index in [1.54, 1.807) is 0 Å². The molecule has 1 N–H and O–H groups in total. The van der Waals surface area contributed by atoms with Gasteiger partial charge in [0.05, 0.1) is 13.2 Å². The molecule has 0 spiro atoms. The minimum absolute atomic E-state index is 0.867. The van der Waals surface area contributed by atoms with Crippen molar-refractivity contribution < 1.29 is 4.74 Å². The fraction of sp³-hybridized carbons (Fsp3) is 0.571. The quantitative estimate of drug-likeness (QED) is 0.603. The highest BCUT2D eigenvalue weighted by atomic mass is 32.1. The van der Waals surface area contributed by atoms with Gasteiger partial charge in [0.25, 0.3) is 0 Å². The molecule has 0 atom stereocenters. The van der Waals surface area contributed by atoms with E-state index in [4.69, 9.17) is 4.74 Å². The van der Waals surface area contributed by atoms with Gasteiger partial charge in [-0.2, -0.15) is 12.6 Å². The third-order valence-electron chi connectivity index (χ3n) is 3.15. The Balaban J connectivity index is 1.79. The van der Waals surface area contributed by atoms with Crippen molar-refractivity contribution in [2.45, 2.75) is 13.1 Å². The van der Waals surface area contributed by atoms with Gasteiger partial charge in [-0.05, 0) is 11.1 Å². The fourth-order valence-electron chi connectivity index (χ4n) is 2.09. The molecule has 0 aromatic heterocycles. The van der Waals surface area contributed by atoms with Crippen molar-refractivity contribution in [3.63, 3.8) is 0 Å². The van der Waals surface area contributed by atoms with Crippen LogP contribution >= 0.6 is 12.6 Å². The number of benzene rings is 1. The van der Waals surface area contributed by atoms with Crippen LogP contribution in [0.5, 0.6) is 0 Å². The second kappa shape index (κ2) is 7.79. The number of rotatable bonds is 6. The summed E-state index contributed by atoms with van der Waals surface area (Å²) in [5.74, 6) is 0.884. The summed E-state index contributed by atoms with van der Waals surface area (Å²) in [5, 5.41) is 3.35. The zero-order valence-electron chi connectivity index (χ0n) is 10.8. The van der Waals surface area contributed by atoms with Gasteiger partial charge in [-0.1, -0.05) is 24.3 Å². The maximum atomic E-state index is 5.36. The van der Waals surface area contributed by atoms with E-state index in [-0.39, 0.29) is 0 Å². The van der Waals surface area contributed by atoms with Crippen molar-refractivity contribution in [3.8, 4) is 0 Å². The van der Waals surface area contributed by atoms with E-state index in [0.717, 1.165) is 51.7 Å². The van der Waals surface area contributed by atoms with E-state index in [0.29, 0.717) is 0 Å². The molecule has 100 valence electrons. The van der Waals surface area contributed by atoms with Crippen molar-refractivity contribution in [1.82, 2.24) is 10.2 Å². The van der Waals surface area contributed by atoms with E-state index in [2.05, 4.69) is 47.1 Å². The summed E-state index contributed by atoms with van der Waals surface area (Å²) in [4.78, 5) is 2.44. The highest BCUT2D eigenvalue weighted by Crippen LogP contribution is 2.09. The standard InChI is InChI=1S/C14H22N2OS/c18-10-5-15-11-13-1-3-14(4-2-13)12-16-6-8-17-9-7-16/h1-4,15,18H,5-12H2. The van der Waals surface area contributed by atoms with Gasteiger partial charge in [-0.3, -0.25) is 4.90 Å². The number of nitrogens with one attached hydrogen (secondary N) is 1. The molecule has 1 aromatic carbocycles. The van der Waals surface area contributed by atoms with Gasteiger partial charge in [0, 0.05) is 38.5 Å². The van der Waals surface area contributed by atoms with Gasteiger partial charge in [0.2, 0.25) is 0 Å². The maximum Gasteiger partial charge on any atom is 0.0594 e. The molecule has 4 heteroatoms. The summed E-state index contributed by atoms with van der Waals surface area (Å²) in [6, 6.07) is 8.88. The minimum atomic E-state index is 0.867. The lowest BCUT2D eigenvalue weighted by Crippen LogP contribution is -2.35. The average Bonchev–Trinajstić information content (AvgIpc) is 2.42. The first kappa shape index (κ1) is 13.9. The molecule has 1 saturated heterocycles. The van der Waals surface area contributed by atoms with Crippen LogP contribution in [0.25, 0.3) is 0 Å². The second-order valence-electron chi connectivity index (χ2n) is 4.61. The fourth-order valence-corrected chi connectivity index (χ4v) is 2.25. The van der Waals surface area contributed by atoms with E-state index < -0.39 is 0 Å². The number of nitrogens with zero attached hydrogens (tertiary/aromatic N) is 1. The normalized spacial score (nSPS) is 16.9. The highest BCUT2D eigenvalue weighted by Gasteiger charge is 2.10. The van der Waals surface area contributed by atoms with Crippen molar-refractivity contribution >= 4 is 12.6 Å². The monoisotopic (exact) mass is 266 g/mol. The molecule has 3 nitrogen and oxygen atoms in total. The van der Waals surface area contributed by atoms with Crippen LogP contribution in [0.15, 0.2) is 24.3 Å². The number of thiol groups is 1. The topological polar surface area (TPSA) is 24.5 Å². The van der Waals surface area contributed by atoms with Crippen LogP contribution in [0.1, 0.15) is 11.1 Å². The Kier molecular flexibility index (Phi) is 6.00. The highest BCUT2D eigenvalue weighted by molar-refractivity contribution is 7.80. The number of morpholine rings is 1. The van der Waals surface area contributed by atoms with Crippen molar-refractivity contribution in [1.29, 1.82) is 0 Å². The molecule has 0 unspecified atom stereocenters. The molecule has 0 radical (unpaired) electrons. The van der Waals surface area contributed by atoms with Gasteiger partial charge in [-0.15, -0.1) is 0 Å². The molecular weight excluding hydrogens is 244 g/mol. The number of hydrogen-bond donors (Lipinski definition) is 2. The molecule has 1 aliphatic heterocycles. The van der Waals surface area contributed by atoms with Crippen LogP contribution in [0.4, 0.5) is 0 Å². The van der Waals surface area contributed by atoms with Crippen molar-refractivity contribution in [2.24, 2.45) is 0 Å². The second-order valence-corrected chi connectivity index (χ2v) is 5.05. The van der Waals surface area contributed by atoms with Crippen LogP contribution in [0.3, 0.4) is 0 Å². The number of ether oxygens (including phenoxy) is 1. The van der Waals surface area contributed by atoms with Gasteiger partial charge >= 0.3 is 0 Å². The third-order valence-corrected chi connectivity index (χ3v) is 3.37. The third kappa shape index (κ3) is 4.61.